The lowest BCUT2D eigenvalue weighted by molar-refractivity contribution is -0.116. The molecule has 2 fully saturated rings. The number of phenols is 1. The van der Waals surface area contributed by atoms with Gasteiger partial charge >= 0.3 is 0 Å². The highest BCUT2D eigenvalue weighted by molar-refractivity contribution is 5.91. The number of amides is 1. The Morgan fingerprint density at radius 3 is 2.59 bits per heavy atom. The number of aliphatic hydroxyl groups excluding tert-OH is 1. The number of aliphatic hydroxyl groups is 1. The summed E-state index contributed by atoms with van der Waals surface area (Å²) in [4.78, 5) is 12.1. The fraction of sp³-hybridized carbons (Fsp3) is 0.541. The minimum atomic E-state index is -0.169. The molecule has 2 aromatic rings. The Morgan fingerprint density at radius 2 is 1.80 bits per heavy atom. The molecule has 0 heterocycles. The highest BCUT2D eigenvalue weighted by Crippen LogP contribution is 2.62. The van der Waals surface area contributed by atoms with Crippen LogP contribution in [0.1, 0.15) is 106 Å². The van der Waals surface area contributed by atoms with Crippen molar-refractivity contribution in [1.29, 1.82) is 0 Å². The molecule has 0 saturated heterocycles. The van der Waals surface area contributed by atoms with Crippen LogP contribution in [-0.4, -0.2) is 28.8 Å². The lowest BCUT2D eigenvalue weighted by Gasteiger charge is -2.53. The van der Waals surface area contributed by atoms with Gasteiger partial charge < -0.3 is 15.5 Å². The number of carbonyl (C=O) groups excluding carboxylic acids is 1. The second-order valence-corrected chi connectivity index (χ2v) is 13.1. The minimum absolute atomic E-state index is 0.0290. The fourth-order valence-corrected chi connectivity index (χ4v) is 8.27. The summed E-state index contributed by atoms with van der Waals surface area (Å²) in [7, 11) is 0. The summed E-state index contributed by atoms with van der Waals surface area (Å²) in [6, 6.07) is 14.4. The highest BCUT2D eigenvalue weighted by Gasteiger charge is 2.56. The van der Waals surface area contributed by atoms with Crippen molar-refractivity contribution in [3.63, 3.8) is 0 Å². The van der Waals surface area contributed by atoms with Crippen LogP contribution in [0.25, 0.3) is 12.2 Å². The Kier molecular flexibility index (Phi) is 9.70. The maximum atomic E-state index is 12.1. The number of allylic oxidation sites excluding steroid dienone is 1. The van der Waals surface area contributed by atoms with Gasteiger partial charge in [-0.1, -0.05) is 75.6 Å². The van der Waals surface area contributed by atoms with Crippen LogP contribution in [0.15, 0.2) is 54.6 Å². The minimum Gasteiger partial charge on any atom is -0.508 e. The molecule has 6 atom stereocenters. The van der Waals surface area contributed by atoms with Crippen molar-refractivity contribution in [2.45, 2.75) is 96.5 Å². The number of aromatic hydroxyl groups is 1. The summed E-state index contributed by atoms with van der Waals surface area (Å²) < 4.78 is 0. The van der Waals surface area contributed by atoms with E-state index in [4.69, 9.17) is 0 Å². The van der Waals surface area contributed by atoms with Crippen molar-refractivity contribution in [3.05, 3.63) is 76.9 Å². The van der Waals surface area contributed by atoms with Crippen molar-refractivity contribution in [2.24, 2.45) is 23.2 Å². The lowest BCUT2D eigenvalue weighted by Crippen LogP contribution is -2.47. The molecule has 0 aromatic heterocycles. The zero-order valence-corrected chi connectivity index (χ0v) is 25.0. The average Bonchev–Trinajstić information content (AvgIpc) is 3.28. The fourth-order valence-electron chi connectivity index (χ4n) is 8.27. The highest BCUT2D eigenvalue weighted by atomic mass is 16.3. The SMILES string of the molecule is CCCCCCNC(=O)C=Cc1ccc(C=CCC[C@@H]2Cc3cc(O)ccc3C3CC[C@@]4(C)C(CC[C@@H]4O)C32)cc1. The van der Waals surface area contributed by atoms with E-state index in [2.05, 4.69) is 61.6 Å². The predicted octanol–water partition coefficient (Wildman–Crippen LogP) is 8.04. The van der Waals surface area contributed by atoms with E-state index < -0.39 is 0 Å². The Bertz CT molecular complexity index is 1230. The summed E-state index contributed by atoms with van der Waals surface area (Å²) >= 11 is 0. The van der Waals surface area contributed by atoms with E-state index in [0.29, 0.717) is 29.4 Å². The molecule has 0 radical (unpaired) electrons. The second kappa shape index (κ2) is 13.4. The Labute approximate surface area is 247 Å². The van der Waals surface area contributed by atoms with Crippen molar-refractivity contribution in [1.82, 2.24) is 5.32 Å². The molecule has 3 aliphatic carbocycles. The van der Waals surface area contributed by atoms with Crippen molar-refractivity contribution < 1.29 is 15.0 Å². The van der Waals surface area contributed by atoms with Crippen LogP contribution in [0.5, 0.6) is 5.75 Å². The number of hydrogen-bond donors (Lipinski definition) is 3. The molecular formula is C37H49NO3. The summed E-state index contributed by atoms with van der Waals surface area (Å²) in [5.74, 6) is 2.64. The van der Waals surface area contributed by atoms with Gasteiger partial charge in [0.1, 0.15) is 5.75 Å². The molecule has 5 rings (SSSR count). The van der Waals surface area contributed by atoms with E-state index >= 15 is 0 Å². The molecule has 2 aromatic carbocycles. The summed E-state index contributed by atoms with van der Waals surface area (Å²) in [5, 5.41) is 24.1. The first kappa shape index (κ1) is 29.6. The lowest BCUT2D eigenvalue weighted by atomic mass is 9.52. The largest absolute Gasteiger partial charge is 0.508 e. The maximum Gasteiger partial charge on any atom is 0.243 e. The molecule has 41 heavy (non-hydrogen) atoms. The molecule has 3 unspecified atom stereocenters. The van der Waals surface area contributed by atoms with Gasteiger partial charge in [-0.3, -0.25) is 4.79 Å². The van der Waals surface area contributed by atoms with E-state index in [1.54, 1.807) is 6.08 Å². The smallest absolute Gasteiger partial charge is 0.243 e. The molecule has 2 saturated carbocycles. The predicted molar refractivity (Wildman–Crippen MR) is 168 cm³/mol. The number of hydrogen-bond acceptors (Lipinski definition) is 3. The molecular weight excluding hydrogens is 506 g/mol. The van der Waals surface area contributed by atoms with Crippen LogP contribution in [-0.2, 0) is 11.2 Å². The van der Waals surface area contributed by atoms with Crippen LogP contribution < -0.4 is 5.32 Å². The van der Waals surface area contributed by atoms with Gasteiger partial charge in [-0.15, -0.1) is 0 Å². The van der Waals surface area contributed by atoms with E-state index in [9.17, 15) is 15.0 Å². The Hall–Kier alpha value is -2.85. The van der Waals surface area contributed by atoms with Crippen LogP contribution in [0.2, 0.25) is 0 Å². The third-order valence-corrected chi connectivity index (χ3v) is 10.5. The van der Waals surface area contributed by atoms with Gasteiger partial charge in [0, 0.05) is 12.6 Å². The molecule has 0 spiro atoms. The molecule has 3 N–H and O–H groups in total. The number of unbranched alkanes of at least 4 members (excludes halogenated alkanes) is 3. The zero-order chi connectivity index (χ0) is 28.8. The van der Waals surface area contributed by atoms with Gasteiger partial charge in [-0.05, 0) is 121 Å². The average molecular weight is 556 g/mol. The third-order valence-electron chi connectivity index (χ3n) is 10.5. The van der Waals surface area contributed by atoms with Gasteiger partial charge in [0.05, 0.1) is 6.10 Å². The van der Waals surface area contributed by atoms with Crippen molar-refractivity contribution in [2.75, 3.05) is 6.54 Å². The number of benzene rings is 2. The van der Waals surface area contributed by atoms with E-state index in [1.165, 1.54) is 36.0 Å². The van der Waals surface area contributed by atoms with Crippen molar-refractivity contribution >= 4 is 18.1 Å². The Balaban J connectivity index is 1.18. The quantitative estimate of drug-likeness (QED) is 0.194. The number of fused-ring (bicyclic) bond motifs is 5. The number of nitrogens with one attached hydrogen (secondary N) is 1. The molecule has 1 amide bonds. The second-order valence-electron chi connectivity index (χ2n) is 13.1. The van der Waals surface area contributed by atoms with E-state index in [-0.39, 0.29) is 17.4 Å². The summed E-state index contributed by atoms with van der Waals surface area (Å²) in [6.45, 7) is 5.27. The number of phenolic OH excluding ortho intramolecular Hbond substituents is 1. The summed E-state index contributed by atoms with van der Waals surface area (Å²) in [6.07, 6.45) is 20.0. The molecule has 4 heteroatoms. The van der Waals surface area contributed by atoms with Crippen LogP contribution >= 0.6 is 0 Å². The summed E-state index contributed by atoms with van der Waals surface area (Å²) in [5.41, 5.74) is 5.02. The number of carbonyl (C=O) groups is 1. The monoisotopic (exact) mass is 555 g/mol. The van der Waals surface area contributed by atoms with E-state index in [0.717, 1.165) is 63.5 Å². The zero-order valence-electron chi connectivity index (χ0n) is 25.0. The number of rotatable bonds is 11. The van der Waals surface area contributed by atoms with Crippen LogP contribution in [0.4, 0.5) is 0 Å². The molecule has 0 bridgehead atoms. The van der Waals surface area contributed by atoms with Gasteiger partial charge in [-0.2, -0.15) is 0 Å². The first-order valence-electron chi connectivity index (χ1n) is 16.1. The van der Waals surface area contributed by atoms with Gasteiger partial charge in [0.2, 0.25) is 5.91 Å². The molecule has 220 valence electrons. The third kappa shape index (κ3) is 6.80. The molecule has 4 nitrogen and oxygen atoms in total. The Morgan fingerprint density at radius 1 is 1.02 bits per heavy atom. The molecule has 0 aliphatic heterocycles. The first-order valence-corrected chi connectivity index (χ1v) is 16.1. The van der Waals surface area contributed by atoms with Crippen LogP contribution in [0.3, 0.4) is 0 Å². The standard InChI is InChI=1S/C37H49NO3/c1-3-4-5-8-23-38-35(41)20-15-27-13-11-26(12-14-27)9-6-7-10-28-24-29-25-30(39)16-17-31(29)32-21-22-37(2)33(36(28)32)18-19-34(37)40/h6,9,11-17,20,25,28,32-34,36,39-40H,3-5,7-8,10,18-19,21-24H2,1-2H3,(H,38,41)/t28-,32?,33?,34+,36?,37+/m1/s1. The normalized spacial score (nSPS) is 28.9. The molecule has 3 aliphatic rings. The van der Waals surface area contributed by atoms with Gasteiger partial charge in [0.15, 0.2) is 0 Å². The van der Waals surface area contributed by atoms with Crippen molar-refractivity contribution in [3.8, 4) is 5.75 Å². The topological polar surface area (TPSA) is 69.6 Å². The maximum absolute atomic E-state index is 12.1. The van der Waals surface area contributed by atoms with E-state index in [1.807, 2.05) is 18.2 Å². The van der Waals surface area contributed by atoms with Gasteiger partial charge in [-0.25, -0.2) is 0 Å². The van der Waals surface area contributed by atoms with Gasteiger partial charge in [0.25, 0.3) is 0 Å². The first-order chi connectivity index (χ1) is 19.9. The van der Waals surface area contributed by atoms with Crippen LogP contribution in [0, 0.1) is 23.2 Å².